The number of pyridine rings is 1. The zero-order chi connectivity index (χ0) is 9.68. The number of rotatable bonds is 3. The maximum Gasteiger partial charge on any atom is 0.101 e. The van der Waals surface area contributed by atoms with E-state index in [1.54, 1.807) is 24.0 Å². The summed E-state index contributed by atoms with van der Waals surface area (Å²) >= 11 is 1.74. The van der Waals surface area contributed by atoms with Crippen LogP contribution in [0.4, 0.5) is 0 Å². The second-order valence-corrected chi connectivity index (χ2v) is 4.29. The highest BCUT2D eigenvalue weighted by molar-refractivity contribution is 7.99. The second kappa shape index (κ2) is 4.88. The van der Waals surface area contributed by atoms with Crippen molar-refractivity contribution in [2.75, 3.05) is 0 Å². The molecular formula is C10H12N2S. The molecule has 0 radical (unpaired) electrons. The van der Waals surface area contributed by atoms with E-state index in [2.05, 4.69) is 18.8 Å². The van der Waals surface area contributed by atoms with Crippen LogP contribution in [-0.2, 0) is 0 Å². The van der Waals surface area contributed by atoms with Crippen molar-refractivity contribution in [2.45, 2.75) is 30.5 Å². The predicted molar refractivity (Wildman–Crippen MR) is 54.6 cm³/mol. The first kappa shape index (κ1) is 10.1. The van der Waals surface area contributed by atoms with Gasteiger partial charge in [-0.3, -0.25) is 0 Å². The lowest BCUT2D eigenvalue weighted by Gasteiger charge is -2.06. The van der Waals surface area contributed by atoms with E-state index in [4.69, 9.17) is 5.26 Å². The van der Waals surface area contributed by atoms with Gasteiger partial charge in [0.15, 0.2) is 0 Å². The number of hydrogen-bond donors (Lipinski definition) is 0. The van der Waals surface area contributed by atoms with Gasteiger partial charge in [-0.05, 0) is 18.6 Å². The molecule has 1 heterocycles. The van der Waals surface area contributed by atoms with Gasteiger partial charge in [-0.15, -0.1) is 11.8 Å². The van der Waals surface area contributed by atoms with Gasteiger partial charge >= 0.3 is 0 Å². The molecule has 3 heteroatoms. The molecule has 0 bridgehead atoms. The normalized spacial score (nSPS) is 12.1. The zero-order valence-electron chi connectivity index (χ0n) is 7.82. The zero-order valence-corrected chi connectivity index (χ0v) is 8.64. The van der Waals surface area contributed by atoms with Crippen LogP contribution >= 0.6 is 11.8 Å². The summed E-state index contributed by atoms with van der Waals surface area (Å²) in [7, 11) is 0. The minimum atomic E-state index is 0.584. The monoisotopic (exact) mass is 192 g/mol. The Morgan fingerprint density at radius 2 is 2.38 bits per heavy atom. The third kappa shape index (κ3) is 3.08. The number of nitrogens with zero attached hydrogens (tertiary/aromatic N) is 2. The summed E-state index contributed by atoms with van der Waals surface area (Å²) in [5, 5.41) is 10.1. The number of nitriles is 1. The molecule has 0 aliphatic heterocycles. The van der Waals surface area contributed by atoms with Gasteiger partial charge in [0, 0.05) is 11.4 Å². The largest absolute Gasteiger partial charge is 0.249 e. The van der Waals surface area contributed by atoms with Crippen LogP contribution in [-0.4, -0.2) is 10.2 Å². The number of hydrogen-bond acceptors (Lipinski definition) is 3. The Bertz CT molecular complexity index is 300. The molecule has 2 nitrogen and oxygen atoms in total. The summed E-state index contributed by atoms with van der Waals surface area (Å²) < 4.78 is 0. The van der Waals surface area contributed by atoms with Crippen molar-refractivity contribution >= 4 is 11.8 Å². The Balaban J connectivity index is 2.65. The third-order valence-electron chi connectivity index (χ3n) is 1.76. The first-order valence-corrected chi connectivity index (χ1v) is 5.17. The minimum absolute atomic E-state index is 0.584. The molecule has 1 rings (SSSR count). The van der Waals surface area contributed by atoms with E-state index in [1.165, 1.54) is 0 Å². The quantitative estimate of drug-likeness (QED) is 0.691. The lowest BCUT2D eigenvalue weighted by molar-refractivity contribution is 0.901. The Morgan fingerprint density at radius 3 is 2.85 bits per heavy atom. The molecule has 1 aromatic rings. The molecule has 0 saturated heterocycles. The van der Waals surface area contributed by atoms with Gasteiger partial charge in [0.25, 0.3) is 0 Å². The highest BCUT2D eigenvalue weighted by atomic mass is 32.2. The summed E-state index contributed by atoms with van der Waals surface area (Å²) in [6, 6.07) is 5.75. The van der Waals surface area contributed by atoms with E-state index in [1.807, 2.05) is 12.1 Å². The van der Waals surface area contributed by atoms with Crippen LogP contribution in [0.2, 0.25) is 0 Å². The molecule has 0 amide bonds. The van der Waals surface area contributed by atoms with E-state index in [-0.39, 0.29) is 0 Å². The van der Waals surface area contributed by atoms with Gasteiger partial charge in [0.05, 0.1) is 10.6 Å². The fourth-order valence-electron chi connectivity index (χ4n) is 0.806. The van der Waals surface area contributed by atoms with E-state index in [0.29, 0.717) is 10.8 Å². The van der Waals surface area contributed by atoms with Gasteiger partial charge < -0.3 is 0 Å². The molecule has 68 valence electrons. The lowest BCUT2D eigenvalue weighted by Crippen LogP contribution is -1.93. The fraction of sp³-hybridized carbons (Fsp3) is 0.400. The first-order chi connectivity index (χ1) is 6.26. The Morgan fingerprint density at radius 1 is 1.62 bits per heavy atom. The van der Waals surface area contributed by atoms with Gasteiger partial charge in [-0.25, -0.2) is 4.98 Å². The first-order valence-electron chi connectivity index (χ1n) is 4.29. The summed E-state index contributed by atoms with van der Waals surface area (Å²) in [6.07, 6.45) is 2.75. The van der Waals surface area contributed by atoms with Crippen LogP contribution in [0.25, 0.3) is 0 Å². The van der Waals surface area contributed by atoms with Crippen LogP contribution in [0.15, 0.2) is 23.4 Å². The lowest BCUT2D eigenvalue weighted by atomic mass is 10.3. The van der Waals surface area contributed by atoms with E-state index in [9.17, 15) is 0 Å². The Kier molecular flexibility index (Phi) is 3.78. The summed E-state index contributed by atoms with van der Waals surface area (Å²) in [5.41, 5.74) is 0.619. The molecule has 1 atom stereocenters. The van der Waals surface area contributed by atoms with Crippen LogP contribution in [0.3, 0.4) is 0 Å². The fourth-order valence-corrected chi connectivity index (χ4v) is 1.64. The number of aromatic nitrogens is 1. The SMILES string of the molecule is CCC(C)Sc1ccc(C#N)cn1. The van der Waals surface area contributed by atoms with Crippen LogP contribution in [0.1, 0.15) is 25.8 Å². The summed E-state index contributed by atoms with van der Waals surface area (Å²) in [4.78, 5) is 4.18. The molecule has 0 N–H and O–H groups in total. The van der Waals surface area contributed by atoms with E-state index >= 15 is 0 Å². The topological polar surface area (TPSA) is 36.7 Å². The Labute approximate surface area is 83.0 Å². The molecule has 1 unspecified atom stereocenters. The van der Waals surface area contributed by atoms with Gasteiger partial charge in [-0.1, -0.05) is 13.8 Å². The van der Waals surface area contributed by atoms with Crippen molar-refractivity contribution in [3.05, 3.63) is 23.9 Å². The standard InChI is InChI=1S/C10H12N2S/c1-3-8(2)13-10-5-4-9(6-11)7-12-10/h4-5,7-8H,3H2,1-2H3. The van der Waals surface area contributed by atoms with Gasteiger partial charge in [0.2, 0.25) is 0 Å². The van der Waals surface area contributed by atoms with E-state index < -0.39 is 0 Å². The highest BCUT2D eigenvalue weighted by Gasteiger charge is 2.02. The third-order valence-corrected chi connectivity index (χ3v) is 2.98. The second-order valence-electron chi connectivity index (χ2n) is 2.83. The summed E-state index contributed by atoms with van der Waals surface area (Å²) in [6.45, 7) is 4.33. The molecule has 0 spiro atoms. The molecule has 1 aromatic heterocycles. The van der Waals surface area contributed by atoms with Crippen molar-refractivity contribution in [3.8, 4) is 6.07 Å². The van der Waals surface area contributed by atoms with Crippen LogP contribution < -0.4 is 0 Å². The minimum Gasteiger partial charge on any atom is -0.249 e. The maximum atomic E-state index is 8.56. The smallest absolute Gasteiger partial charge is 0.101 e. The molecule has 13 heavy (non-hydrogen) atoms. The van der Waals surface area contributed by atoms with E-state index in [0.717, 1.165) is 11.4 Å². The van der Waals surface area contributed by atoms with Crippen LogP contribution in [0.5, 0.6) is 0 Å². The Hall–Kier alpha value is -1.01. The highest BCUT2D eigenvalue weighted by Crippen LogP contribution is 2.22. The number of thioether (sulfide) groups is 1. The van der Waals surface area contributed by atoms with Crippen molar-refractivity contribution < 1.29 is 0 Å². The van der Waals surface area contributed by atoms with Crippen molar-refractivity contribution in [2.24, 2.45) is 0 Å². The molecule has 0 saturated carbocycles. The molecule has 0 aliphatic carbocycles. The average molecular weight is 192 g/mol. The van der Waals surface area contributed by atoms with Crippen LogP contribution in [0, 0.1) is 11.3 Å². The van der Waals surface area contributed by atoms with Crippen molar-refractivity contribution in [3.63, 3.8) is 0 Å². The maximum absolute atomic E-state index is 8.56. The molecular weight excluding hydrogens is 180 g/mol. The molecule has 0 aliphatic rings. The molecule has 0 fully saturated rings. The van der Waals surface area contributed by atoms with Crippen molar-refractivity contribution in [1.29, 1.82) is 5.26 Å². The van der Waals surface area contributed by atoms with Gasteiger partial charge in [-0.2, -0.15) is 5.26 Å². The predicted octanol–water partition coefficient (Wildman–Crippen LogP) is 2.84. The van der Waals surface area contributed by atoms with Crippen molar-refractivity contribution in [1.82, 2.24) is 4.98 Å². The summed E-state index contributed by atoms with van der Waals surface area (Å²) in [5.74, 6) is 0. The van der Waals surface area contributed by atoms with Gasteiger partial charge in [0.1, 0.15) is 6.07 Å². The molecule has 0 aromatic carbocycles. The average Bonchev–Trinajstić information content (AvgIpc) is 2.19.